The van der Waals surface area contributed by atoms with Crippen LogP contribution < -0.4 is 10.5 Å². The number of ether oxygens (including phenoxy) is 1. The van der Waals surface area contributed by atoms with Gasteiger partial charge in [0, 0.05) is 21.9 Å². The second kappa shape index (κ2) is 7.70. The zero-order chi connectivity index (χ0) is 18.5. The zero-order valence-electron chi connectivity index (χ0n) is 14.7. The minimum absolute atomic E-state index is 0.395. The molecule has 0 bridgehead atoms. The molecule has 4 aromatic rings. The fourth-order valence-corrected chi connectivity index (χ4v) is 3.02. The molecule has 2 aromatic heterocycles. The van der Waals surface area contributed by atoms with Crippen molar-refractivity contribution in [2.24, 2.45) is 15.7 Å². The zero-order valence-corrected chi connectivity index (χ0v) is 14.7. The van der Waals surface area contributed by atoms with Crippen LogP contribution in [-0.4, -0.2) is 35.8 Å². The third-order valence-electron chi connectivity index (χ3n) is 4.23. The summed E-state index contributed by atoms with van der Waals surface area (Å²) in [4.78, 5) is 16.0. The molecule has 0 spiro atoms. The van der Waals surface area contributed by atoms with E-state index in [1.54, 1.807) is 0 Å². The van der Waals surface area contributed by atoms with Crippen molar-refractivity contribution in [1.29, 1.82) is 0 Å². The van der Waals surface area contributed by atoms with Crippen molar-refractivity contribution in [3.05, 3.63) is 60.7 Å². The Hall–Kier alpha value is -3.67. The molecule has 4 rings (SSSR count). The molecule has 6 heteroatoms. The van der Waals surface area contributed by atoms with Gasteiger partial charge in [-0.25, -0.2) is 9.98 Å². The number of fused-ring (bicyclic) bond motifs is 3. The van der Waals surface area contributed by atoms with Crippen molar-refractivity contribution < 1.29 is 4.74 Å². The van der Waals surface area contributed by atoms with Crippen molar-refractivity contribution in [2.45, 2.75) is 0 Å². The number of aromatic amines is 1. The van der Waals surface area contributed by atoms with Gasteiger partial charge in [-0.05, 0) is 12.1 Å². The highest BCUT2D eigenvalue weighted by atomic mass is 16.5. The lowest BCUT2D eigenvalue weighted by molar-refractivity contribution is 0.320. The molecular weight excluding hydrogens is 338 g/mol. The van der Waals surface area contributed by atoms with E-state index in [1.165, 1.54) is 12.7 Å². The van der Waals surface area contributed by atoms with Gasteiger partial charge in [0.05, 0.1) is 18.6 Å². The van der Waals surface area contributed by atoms with Gasteiger partial charge in [-0.2, -0.15) is 0 Å². The second-order valence-electron chi connectivity index (χ2n) is 5.94. The van der Waals surface area contributed by atoms with E-state index in [0.29, 0.717) is 19.0 Å². The summed E-state index contributed by atoms with van der Waals surface area (Å²) in [5.74, 6) is 0.570. The molecule has 0 atom stereocenters. The molecule has 2 heterocycles. The first-order valence-electron chi connectivity index (χ1n) is 8.68. The van der Waals surface area contributed by atoms with Crippen molar-refractivity contribution in [1.82, 2.24) is 9.97 Å². The summed E-state index contributed by atoms with van der Waals surface area (Å²) in [5.41, 5.74) is 9.04. The van der Waals surface area contributed by atoms with E-state index < -0.39 is 0 Å². The lowest BCUT2D eigenvalue weighted by Gasteiger charge is -2.08. The summed E-state index contributed by atoms with van der Waals surface area (Å²) >= 11 is 0. The molecule has 0 unspecified atom stereocenters. The predicted octanol–water partition coefficient (Wildman–Crippen LogP) is 3.78. The number of nitrogens with two attached hydrogens (primary N) is 1. The quantitative estimate of drug-likeness (QED) is 0.313. The highest BCUT2D eigenvalue weighted by molar-refractivity contribution is 6.09. The van der Waals surface area contributed by atoms with Crippen molar-refractivity contribution in [3.8, 4) is 17.1 Å². The van der Waals surface area contributed by atoms with Gasteiger partial charge < -0.3 is 15.5 Å². The summed E-state index contributed by atoms with van der Waals surface area (Å²) in [5, 5.41) is 2.23. The molecule has 0 aliphatic carbocycles. The van der Waals surface area contributed by atoms with Crippen LogP contribution in [0.15, 0.2) is 70.6 Å². The molecule has 134 valence electrons. The Balaban J connectivity index is 1.75. The Morgan fingerprint density at radius 1 is 1.04 bits per heavy atom. The van der Waals surface area contributed by atoms with Crippen LogP contribution in [0.2, 0.25) is 0 Å². The maximum absolute atomic E-state index is 5.95. The van der Waals surface area contributed by atoms with E-state index in [-0.39, 0.29) is 0 Å². The topological polar surface area (TPSA) is 88.7 Å². The van der Waals surface area contributed by atoms with Gasteiger partial charge in [0.15, 0.2) is 0 Å². The number of para-hydroxylation sites is 1. The number of benzene rings is 2. The summed E-state index contributed by atoms with van der Waals surface area (Å²) < 4.78 is 5.95. The van der Waals surface area contributed by atoms with Gasteiger partial charge in [-0.3, -0.25) is 4.99 Å². The summed E-state index contributed by atoms with van der Waals surface area (Å²) in [6.07, 6.45) is 2.61. The average molecular weight is 357 g/mol. The van der Waals surface area contributed by atoms with E-state index in [9.17, 15) is 0 Å². The Labute approximate surface area is 156 Å². The number of hydrogen-bond acceptors (Lipinski definition) is 3. The first kappa shape index (κ1) is 16.8. The lowest BCUT2D eigenvalue weighted by atomic mass is 10.1. The van der Waals surface area contributed by atoms with Crippen molar-refractivity contribution in [3.63, 3.8) is 0 Å². The van der Waals surface area contributed by atoms with E-state index in [1.807, 2.05) is 42.5 Å². The first-order chi connectivity index (χ1) is 13.4. The van der Waals surface area contributed by atoms with Gasteiger partial charge >= 0.3 is 0 Å². The SMILES string of the molecule is NC=NC=NCCOc1nc(-c2ccccc2)cc2c1[nH]c1ccccc12. The number of H-pyrrole nitrogens is 1. The number of hydrogen-bond donors (Lipinski definition) is 2. The number of aromatic nitrogens is 2. The number of aliphatic imine (C=N–C) groups is 2. The fraction of sp³-hybridized carbons (Fsp3) is 0.0952. The molecule has 6 nitrogen and oxygen atoms in total. The van der Waals surface area contributed by atoms with E-state index in [0.717, 1.165) is 33.1 Å². The maximum Gasteiger partial charge on any atom is 0.239 e. The number of pyridine rings is 1. The predicted molar refractivity (Wildman–Crippen MR) is 111 cm³/mol. The Morgan fingerprint density at radius 2 is 1.85 bits per heavy atom. The van der Waals surface area contributed by atoms with Crippen LogP contribution in [0.5, 0.6) is 5.88 Å². The first-order valence-corrected chi connectivity index (χ1v) is 8.68. The lowest BCUT2D eigenvalue weighted by Crippen LogP contribution is -2.04. The van der Waals surface area contributed by atoms with Crippen LogP contribution in [0.4, 0.5) is 0 Å². The standard InChI is InChI=1S/C21H19N5O/c22-13-24-14-23-10-11-27-21-20-17(16-8-4-5-9-18(16)25-20)12-19(26-21)15-6-2-1-3-7-15/h1-9,12-14,25H,10-11H2,(H2,22,23,24). The smallest absolute Gasteiger partial charge is 0.239 e. The molecule has 0 saturated carbocycles. The average Bonchev–Trinajstić information content (AvgIpc) is 3.10. The van der Waals surface area contributed by atoms with E-state index in [4.69, 9.17) is 15.5 Å². The third kappa shape index (κ3) is 3.50. The molecule has 0 amide bonds. The van der Waals surface area contributed by atoms with Crippen LogP contribution in [0.1, 0.15) is 0 Å². The number of rotatable bonds is 6. The second-order valence-corrected chi connectivity index (χ2v) is 5.94. The third-order valence-corrected chi connectivity index (χ3v) is 4.23. The molecular formula is C21H19N5O. The van der Waals surface area contributed by atoms with Crippen LogP contribution in [0.25, 0.3) is 33.1 Å². The minimum Gasteiger partial charge on any atom is -0.474 e. The van der Waals surface area contributed by atoms with Crippen LogP contribution >= 0.6 is 0 Å². The van der Waals surface area contributed by atoms with Gasteiger partial charge in [-0.1, -0.05) is 48.5 Å². The number of nitrogens with one attached hydrogen (secondary N) is 1. The Morgan fingerprint density at radius 3 is 2.70 bits per heavy atom. The highest BCUT2D eigenvalue weighted by Crippen LogP contribution is 2.34. The van der Waals surface area contributed by atoms with Crippen LogP contribution in [-0.2, 0) is 0 Å². The van der Waals surface area contributed by atoms with Crippen molar-refractivity contribution >= 4 is 34.5 Å². The molecule has 2 aromatic carbocycles. The fourth-order valence-electron chi connectivity index (χ4n) is 3.02. The summed E-state index contributed by atoms with van der Waals surface area (Å²) in [7, 11) is 0. The number of nitrogens with zero attached hydrogens (tertiary/aromatic N) is 3. The monoisotopic (exact) mass is 357 g/mol. The largest absolute Gasteiger partial charge is 0.474 e. The molecule has 0 fully saturated rings. The maximum atomic E-state index is 5.95. The van der Waals surface area contributed by atoms with E-state index in [2.05, 4.69) is 33.2 Å². The summed E-state index contributed by atoms with van der Waals surface area (Å²) in [6.45, 7) is 0.864. The normalized spacial score (nSPS) is 11.9. The van der Waals surface area contributed by atoms with Crippen molar-refractivity contribution in [2.75, 3.05) is 13.2 Å². The van der Waals surface area contributed by atoms with Gasteiger partial charge in [0.2, 0.25) is 5.88 Å². The molecule has 0 aliphatic rings. The van der Waals surface area contributed by atoms with Gasteiger partial charge in [-0.15, -0.1) is 0 Å². The molecule has 3 N–H and O–H groups in total. The van der Waals surface area contributed by atoms with Gasteiger partial charge in [0.25, 0.3) is 0 Å². The molecule has 0 radical (unpaired) electrons. The van der Waals surface area contributed by atoms with E-state index >= 15 is 0 Å². The van der Waals surface area contributed by atoms with Crippen LogP contribution in [0.3, 0.4) is 0 Å². The molecule has 27 heavy (non-hydrogen) atoms. The minimum atomic E-state index is 0.395. The van der Waals surface area contributed by atoms with Crippen LogP contribution in [0, 0.1) is 0 Å². The Bertz CT molecular complexity index is 1120. The summed E-state index contributed by atoms with van der Waals surface area (Å²) in [6, 6.07) is 20.4. The van der Waals surface area contributed by atoms with Gasteiger partial charge in [0.1, 0.15) is 18.5 Å². The highest BCUT2D eigenvalue weighted by Gasteiger charge is 2.13. The molecule has 0 aliphatic heterocycles. The Kier molecular flexibility index (Phi) is 4.78. The molecule has 0 saturated heterocycles.